The van der Waals surface area contributed by atoms with Crippen LogP contribution in [-0.2, 0) is 17.1 Å². The molecule has 2 aromatic rings. The number of rotatable bonds is 2. The maximum atomic E-state index is 13.4. The third-order valence-corrected chi connectivity index (χ3v) is 7.17. The van der Waals surface area contributed by atoms with Crippen LogP contribution in [0.15, 0.2) is 29.3 Å². The molecule has 2 N–H and O–H groups in total. The first-order valence-electron chi connectivity index (χ1n) is 9.21. The number of aryl methyl sites for hydroxylation is 1. The zero-order valence-electron chi connectivity index (χ0n) is 16.0. The van der Waals surface area contributed by atoms with Gasteiger partial charge in [0.25, 0.3) is 5.91 Å². The number of sulfonamides is 1. The molecule has 0 saturated heterocycles. The lowest BCUT2D eigenvalue weighted by Gasteiger charge is -2.33. The molecule has 1 fully saturated rings. The van der Waals surface area contributed by atoms with Crippen molar-refractivity contribution in [1.82, 2.24) is 9.29 Å². The summed E-state index contributed by atoms with van der Waals surface area (Å²) in [5, 5.41) is 2.46. The molecule has 29 heavy (non-hydrogen) atoms. The van der Waals surface area contributed by atoms with Crippen LogP contribution in [0.5, 0.6) is 5.75 Å². The Labute approximate surface area is 167 Å². The van der Waals surface area contributed by atoms with Crippen LogP contribution >= 0.6 is 0 Å². The van der Waals surface area contributed by atoms with Crippen molar-refractivity contribution in [3.05, 3.63) is 41.7 Å². The van der Waals surface area contributed by atoms with Crippen LogP contribution in [0.4, 0.5) is 14.5 Å². The Morgan fingerprint density at radius 2 is 2.10 bits per heavy atom. The van der Waals surface area contributed by atoms with E-state index in [1.807, 2.05) is 6.92 Å². The molecule has 10 heteroatoms. The van der Waals surface area contributed by atoms with Gasteiger partial charge in [0.05, 0.1) is 6.61 Å². The van der Waals surface area contributed by atoms with E-state index in [-0.39, 0.29) is 40.1 Å². The Balaban J connectivity index is 1.72. The van der Waals surface area contributed by atoms with Crippen LogP contribution in [0.2, 0.25) is 0 Å². The topological polar surface area (TPSA) is 89.4 Å². The Morgan fingerprint density at radius 1 is 1.34 bits per heavy atom. The first-order valence-corrected chi connectivity index (χ1v) is 10.7. The van der Waals surface area contributed by atoms with Crippen LogP contribution in [0.25, 0.3) is 0 Å². The minimum absolute atomic E-state index is 0.0184. The smallest absolute Gasteiger partial charge is 0.276 e. The molecule has 1 amide bonds. The zero-order valence-corrected chi connectivity index (χ0v) is 16.8. The summed E-state index contributed by atoms with van der Waals surface area (Å²) in [6.45, 7) is 2.21. The average Bonchev–Trinajstić information content (AvgIpc) is 3.16. The van der Waals surface area contributed by atoms with Crippen molar-refractivity contribution < 1.29 is 26.7 Å². The molecule has 0 spiro atoms. The highest BCUT2D eigenvalue weighted by molar-refractivity contribution is 7.89. The quantitative estimate of drug-likeness (QED) is 0.774. The largest absolute Gasteiger partial charge is 0.489 e. The van der Waals surface area contributed by atoms with Crippen LogP contribution in [-0.4, -0.2) is 31.5 Å². The minimum atomic E-state index is -3.90. The first-order chi connectivity index (χ1) is 13.6. The summed E-state index contributed by atoms with van der Waals surface area (Å²) in [4.78, 5) is 12.7. The minimum Gasteiger partial charge on any atom is -0.489 e. The van der Waals surface area contributed by atoms with Crippen molar-refractivity contribution in [3.63, 3.8) is 0 Å². The van der Waals surface area contributed by atoms with E-state index in [4.69, 9.17) is 4.74 Å². The van der Waals surface area contributed by atoms with Crippen LogP contribution in [0, 0.1) is 17.0 Å². The molecule has 0 radical (unpaired) electrons. The number of hydrogen-bond donors (Lipinski definition) is 2. The number of nitrogens with one attached hydrogen (secondary N) is 2. The summed E-state index contributed by atoms with van der Waals surface area (Å²) in [6, 6.07) is 2.72. The van der Waals surface area contributed by atoms with E-state index in [0.29, 0.717) is 0 Å². The van der Waals surface area contributed by atoms with Gasteiger partial charge in [0, 0.05) is 36.5 Å². The maximum Gasteiger partial charge on any atom is 0.276 e. The zero-order chi connectivity index (χ0) is 21.0. The van der Waals surface area contributed by atoms with Crippen molar-refractivity contribution in [1.29, 1.82) is 0 Å². The van der Waals surface area contributed by atoms with Gasteiger partial charge in [0.2, 0.25) is 10.0 Å². The highest BCUT2D eigenvalue weighted by Gasteiger charge is 2.45. The number of amides is 1. The van der Waals surface area contributed by atoms with Crippen LogP contribution < -0.4 is 14.8 Å². The molecular weight excluding hydrogens is 404 g/mol. The molecule has 2 heterocycles. The number of nitrogens with zero attached hydrogens (tertiary/aromatic N) is 1. The van der Waals surface area contributed by atoms with Gasteiger partial charge >= 0.3 is 0 Å². The van der Waals surface area contributed by atoms with E-state index in [9.17, 15) is 22.0 Å². The first kappa shape index (κ1) is 19.8. The van der Waals surface area contributed by atoms with Gasteiger partial charge < -0.3 is 14.6 Å². The molecule has 156 valence electrons. The molecule has 4 rings (SSSR count). The van der Waals surface area contributed by atoms with E-state index in [1.54, 1.807) is 0 Å². The predicted octanol–water partition coefficient (Wildman–Crippen LogP) is 2.79. The highest BCUT2D eigenvalue weighted by atomic mass is 32.2. The normalized spacial score (nSPS) is 25.3. The molecule has 2 aliphatic rings. The molecule has 1 saturated carbocycles. The number of ether oxygens (including phenoxy) is 1. The lowest BCUT2D eigenvalue weighted by atomic mass is 9.86. The van der Waals surface area contributed by atoms with Gasteiger partial charge in [0.1, 0.15) is 4.90 Å². The average molecular weight is 425 g/mol. The van der Waals surface area contributed by atoms with Crippen molar-refractivity contribution in [2.24, 2.45) is 12.5 Å². The van der Waals surface area contributed by atoms with Crippen molar-refractivity contribution in [2.75, 3.05) is 11.9 Å². The summed E-state index contributed by atoms with van der Waals surface area (Å²) in [6.07, 6.45) is 3.73. The number of fused-ring (bicyclic) bond motifs is 2. The van der Waals surface area contributed by atoms with E-state index < -0.39 is 27.6 Å². The molecule has 1 aromatic heterocycles. The Kier molecular flexibility index (Phi) is 4.66. The third kappa shape index (κ3) is 3.40. The maximum absolute atomic E-state index is 13.4. The number of benzene rings is 1. The molecule has 2 unspecified atom stereocenters. The van der Waals surface area contributed by atoms with Gasteiger partial charge in [-0.1, -0.05) is 13.3 Å². The van der Waals surface area contributed by atoms with Gasteiger partial charge in [-0.25, -0.2) is 21.9 Å². The standard InChI is InChI=1S/C19H21F2N3O4S/c1-19-7-3-4-15(19)23-29(26,27)14-9-24(2)16(17(14)28-10-19)18(25)22-11-5-6-12(20)13(21)8-11/h5-6,8-9,15,23H,3-4,7,10H2,1-2H3,(H,22,25). The van der Waals surface area contributed by atoms with Crippen molar-refractivity contribution in [3.8, 4) is 5.75 Å². The Morgan fingerprint density at radius 3 is 2.83 bits per heavy atom. The van der Waals surface area contributed by atoms with E-state index >= 15 is 0 Å². The second-order valence-corrected chi connectivity index (χ2v) is 9.56. The summed E-state index contributed by atoms with van der Waals surface area (Å²) in [7, 11) is -2.38. The van der Waals surface area contributed by atoms with E-state index in [2.05, 4.69) is 10.0 Å². The fraction of sp³-hybridized carbons (Fsp3) is 0.421. The van der Waals surface area contributed by atoms with Crippen molar-refractivity contribution >= 4 is 21.6 Å². The van der Waals surface area contributed by atoms with Gasteiger partial charge in [-0.05, 0) is 25.0 Å². The van der Waals surface area contributed by atoms with Gasteiger partial charge in [0.15, 0.2) is 23.1 Å². The molecule has 1 aliphatic carbocycles. The van der Waals surface area contributed by atoms with Crippen molar-refractivity contribution in [2.45, 2.75) is 37.1 Å². The lowest BCUT2D eigenvalue weighted by molar-refractivity contribution is 0.100. The molecule has 0 bridgehead atoms. The molecule has 7 nitrogen and oxygen atoms in total. The van der Waals surface area contributed by atoms with E-state index in [0.717, 1.165) is 31.4 Å². The molecule has 1 aromatic carbocycles. The third-order valence-electron chi connectivity index (χ3n) is 5.71. The fourth-order valence-electron chi connectivity index (χ4n) is 4.03. The predicted molar refractivity (Wildman–Crippen MR) is 101 cm³/mol. The molecule has 2 atom stereocenters. The van der Waals surface area contributed by atoms with Crippen LogP contribution in [0.1, 0.15) is 36.7 Å². The highest BCUT2D eigenvalue weighted by Crippen LogP contribution is 2.43. The number of aromatic nitrogens is 1. The summed E-state index contributed by atoms with van der Waals surface area (Å²) >= 11 is 0. The summed E-state index contributed by atoms with van der Waals surface area (Å²) in [5.74, 6) is -2.88. The number of carbonyl (C=O) groups is 1. The number of hydrogen-bond acceptors (Lipinski definition) is 4. The van der Waals surface area contributed by atoms with Gasteiger partial charge in [-0.15, -0.1) is 0 Å². The molecular formula is C19H21F2N3O4S. The fourth-order valence-corrected chi connectivity index (χ4v) is 5.63. The van der Waals surface area contributed by atoms with Gasteiger partial charge in [-0.3, -0.25) is 4.79 Å². The monoisotopic (exact) mass is 425 g/mol. The van der Waals surface area contributed by atoms with E-state index in [1.165, 1.54) is 23.9 Å². The SMILES string of the molecule is Cn1cc2c(c1C(=O)Nc1ccc(F)c(F)c1)OCC1(C)CCCC1NS2(=O)=O. The van der Waals surface area contributed by atoms with Crippen LogP contribution in [0.3, 0.4) is 0 Å². The Hall–Kier alpha value is -2.46. The second-order valence-electron chi connectivity index (χ2n) is 7.87. The number of carbonyl (C=O) groups excluding carboxylic acids is 1. The number of anilines is 1. The summed E-state index contributed by atoms with van der Waals surface area (Å²) in [5.41, 5.74) is -0.359. The summed E-state index contributed by atoms with van der Waals surface area (Å²) < 4.78 is 62.4. The second kappa shape index (κ2) is 6.81. The molecule has 1 aliphatic heterocycles. The lowest BCUT2D eigenvalue weighted by Crippen LogP contribution is -2.47. The number of halogens is 2. The Bertz CT molecular complexity index is 1100. The van der Waals surface area contributed by atoms with Gasteiger partial charge in [-0.2, -0.15) is 0 Å².